The molecule has 5 amide bonds. The summed E-state index contributed by atoms with van der Waals surface area (Å²) < 4.78 is 0. The molecule has 1 rings (SSSR count). The van der Waals surface area contributed by atoms with Gasteiger partial charge in [-0.15, -0.1) is 0 Å². The maximum absolute atomic E-state index is 12.6. The molecule has 1 aliphatic heterocycles. The van der Waals surface area contributed by atoms with Gasteiger partial charge in [-0.3, -0.25) is 24.0 Å². The topological polar surface area (TPSA) is 228 Å². The number of carboxylic acid groups (broad SMARTS) is 1. The second kappa shape index (κ2) is 10.9. The molecule has 1 heterocycles. The first-order valence-corrected chi connectivity index (χ1v) is 8.95. The predicted molar refractivity (Wildman–Crippen MR) is 97.5 cm³/mol. The van der Waals surface area contributed by atoms with Crippen LogP contribution in [0.1, 0.15) is 32.1 Å². The fourth-order valence-electron chi connectivity index (χ4n) is 2.86. The maximum Gasteiger partial charge on any atom is 0.326 e. The van der Waals surface area contributed by atoms with Crippen LogP contribution in [0.3, 0.4) is 0 Å². The summed E-state index contributed by atoms with van der Waals surface area (Å²) in [6, 6.07) is -3.46. The number of aliphatic carboxylic acids is 1. The molecular weight excluding hydrogens is 388 g/mol. The molecule has 0 bridgehead atoms. The maximum atomic E-state index is 12.6. The molecule has 0 radical (unpaired) electrons. The number of carboxylic acids is 1. The van der Waals surface area contributed by atoms with Crippen LogP contribution in [-0.2, 0) is 28.8 Å². The third kappa shape index (κ3) is 7.73. The molecule has 3 unspecified atom stereocenters. The molecule has 0 aromatic carbocycles. The predicted octanol–water partition coefficient (Wildman–Crippen LogP) is -3.87. The van der Waals surface area contributed by atoms with Crippen molar-refractivity contribution in [3.05, 3.63) is 0 Å². The van der Waals surface area contributed by atoms with E-state index in [9.17, 15) is 33.9 Å². The summed E-state index contributed by atoms with van der Waals surface area (Å²) in [7, 11) is 0. The first-order chi connectivity index (χ1) is 13.5. The number of nitrogens with two attached hydrogens (primary N) is 3. The molecule has 1 saturated heterocycles. The zero-order chi connectivity index (χ0) is 22.1. The SMILES string of the molecule is NC(=O)CCC(N)C(=O)NCC(=O)NC(CC(N)=O)C(=O)N1CCCC1C(=O)O. The van der Waals surface area contributed by atoms with E-state index in [1.807, 2.05) is 0 Å². The van der Waals surface area contributed by atoms with Gasteiger partial charge in [-0.05, 0) is 19.3 Å². The number of rotatable bonds is 11. The average Bonchev–Trinajstić information content (AvgIpc) is 3.12. The first-order valence-electron chi connectivity index (χ1n) is 8.95. The van der Waals surface area contributed by atoms with Gasteiger partial charge in [0.05, 0.1) is 19.0 Å². The Morgan fingerprint density at radius 1 is 1.10 bits per heavy atom. The normalized spacial score (nSPS) is 17.8. The van der Waals surface area contributed by atoms with Crippen LogP contribution in [-0.4, -0.2) is 76.7 Å². The van der Waals surface area contributed by atoms with Crippen LogP contribution in [0.25, 0.3) is 0 Å². The van der Waals surface area contributed by atoms with E-state index in [2.05, 4.69) is 10.6 Å². The monoisotopic (exact) mass is 414 g/mol. The summed E-state index contributed by atoms with van der Waals surface area (Å²) in [5, 5.41) is 13.7. The van der Waals surface area contributed by atoms with Gasteiger partial charge < -0.3 is 37.8 Å². The van der Waals surface area contributed by atoms with E-state index in [4.69, 9.17) is 17.2 Å². The van der Waals surface area contributed by atoms with Crippen LogP contribution >= 0.6 is 0 Å². The molecule has 1 aliphatic rings. The molecule has 13 heteroatoms. The van der Waals surface area contributed by atoms with Crippen LogP contribution in [0.5, 0.6) is 0 Å². The highest BCUT2D eigenvalue weighted by Crippen LogP contribution is 2.19. The molecule has 9 N–H and O–H groups in total. The summed E-state index contributed by atoms with van der Waals surface area (Å²) in [5.41, 5.74) is 15.6. The van der Waals surface area contributed by atoms with Crippen LogP contribution in [0.15, 0.2) is 0 Å². The van der Waals surface area contributed by atoms with Gasteiger partial charge >= 0.3 is 5.97 Å². The molecule has 1 fully saturated rings. The molecule has 0 aromatic heterocycles. The Morgan fingerprint density at radius 3 is 2.31 bits per heavy atom. The summed E-state index contributed by atoms with van der Waals surface area (Å²) in [5.74, 6) is -4.92. The Labute approximate surface area is 166 Å². The van der Waals surface area contributed by atoms with Crippen LogP contribution in [0.4, 0.5) is 0 Å². The Hall–Kier alpha value is -3.22. The summed E-state index contributed by atoms with van der Waals surface area (Å²) in [4.78, 5) is 70.8. The van der Waals surface area contributed by atoms with E-state index in [0.717, 1.165) is 4.90 Å². The summed E-state index contributed by atoms with van der Waals surface area (Å²) >= 11 is 0. The number of amides is 5. The highest BCUT2D eigenvalue weighted by atomic mass is 16.4. The molecular formula is C16H26N6O7. The van der Waals surface area contributed by atoms with Gasteiger partial charge in [0.25, 0.3) is 0 Å². The smallest absolute Gasteiger partial charge is 0.326 e. The minimum Gasteiger partial charge on any atom is -0.480 e. The molecule has 0 aromatic rings. The first kappa shape index (κ1) is 23.8. The summed E-state index contributed by atoms with van der Waals surface area (Å²) in [6.07, 6.45) is 0.101. The molecule has 29 heavy (non-hydrogen) atoms. The number of hydrogen-bond donors (Lipinski definition) is 6. The zero-order valence-electron chi connectivity index (χ0n) is 15.8. The van der Waals surface area contributed by atoms with Crippen molar-refractivity contribution < 1.29 is 33.9 Å². The van der Waals surface area contributed by atoms with E-state index in [1.165, 1.54) is 0 Å². The molecule has 0 spiro atoms. The van der Waals surface area contributed by atoms with E-state index in [-0.39, 0.29) is 25.8 Å². The lowest BCUT2D eigenvalue weighted by molar-refractivity contribution is -0.149. The van der Waals surface area contributed by atoms with E-state index in [1.54, 1.807) is 0 Å². The lowest BCUT2D eigenvalue weighted by Crippen LogP contribution is -2.54. The second-order valence-electron chi connectivity index (χ2n) is 6.65. The average molecular weight is 414 g/mol. The van der Waals surface area contributed by atoms with E-state index >= 15 is 0 Å². The number of likely N-dealkylation sites (tertiary alicyclic amines) is 1. The van der Waals surface area contributed by atoms with Crippen molar-refractivity contribution in [3.8, 4) is 0 Å². The van der Waals surface area contributed by atoms with Gasteiger partial charge in [-0.2, -0.15) is 0 Å². The molecule has 0 saturated carbocycles. The lowest BCUT2D eigenvalue weighted by Gasteiger charge is -2.26. The van der Waals surface area contributed by atoms with Gasteiger partial charge in [0.2, 0.25) is 29.5 Å². The number of nitrogens with zero attached hydrogens (tertiary/aromatic N) is 1. The van der Waals surface area contributed by atoms with Crippen LogP contribution < -0.4 is 27.8 Å². The number of carbonyl (C=O) groups excluding carboxylic acids is 5. The minimum absolute atomic E-state index is 0.00287. The fourth-order valence-corrected chi connectivity index (χ4v) is 2.86. The van der Waals surface area contributed by atoms with Crippen molar-refractivity contribution in [1.29, 1.82) is 0 Å². The van der Waals surface area contributed by atoms with Gasteiger partial charge in [0.1, 0.15) is 12.1 Å². The highest BCUT2D eigenvalue weighted by Gasteiger charge is 2.38. The van der Waals surface area contributed by atoms with Crippen molar-refractivity contribution in [2.45, 2.75) is 50.2 Å². The number of nitrogens with one attached hydrogen (secondary N) is 2. The number of hydrogen-bond acceptors (Lipinski definition) is 7. The van der Waals surface area contributed by atoms with E-state index < -0.39 is 66.6 Å². The van der Waals surface area contributed by atoms with E-state index in [0.29, 0.717) is 6.42 Å². The quantitative estimate of drug-likeness (QED) is 0.195. The Kier molecular flexibility index (Phi) is 8.99. The molecule has 162 valence electrons. The second-order valence-corrected chi connectivity index (χ2v) is 6.65. The third-order valence-electron chi connectivity index (χ3n) is 4.32. The van der Waals surface area contributed by atoms with Gasteiger partial charge in [-0.25, -0.2) is 4.79 Å². The van der Waals surface area contributed by atoms with Crippen molar-refractivity contribution in [1.82, 2.24) is 15.5 Å². The van der Waals surface area contributed by atoms with Crippen LogP contribution in [0.2, 0.25) is 0 Å². The van der Waals surface area contributed by atoms with Crippen molar-refractivity contribution in [2.24, 2.45) is 17.2 Å². The number of carbonyl (C=O) groups is 6. The van der Waals surface area contributed by atoms with Crippen LogP contribution in [0, 0.1) is 0 Å². The van der Waals surface area contributed by atoms with Gasteiger partial charge in [-0.1, -0.05) is 0 Å². The van der Waals surface area contributed by atoms with Crippen molar-refractivity contribution in [2.75, 3.05) is 13.1 Å². The Balaban J connectivity index is 2.66. The summed E-state index contributed by atoms with van der Waals surface area (Å²) in [6.45, 7) is -0.375. The number of primary amides is 2. The van der Waals surface area contributed by atoms with Gasteiger partial charge in [0.15, 0.2) is 0 Å². The molecule has 3 atom stereocenters. The zero-order valence-corrected chi connectivity index (χ0v) is 15.8. The molecule has 0 aliphatic carbocycles. The Bertz CT molecular complexity index is 683. The van der Waals surface area contributed by atoms with Crippen molar-refractivity contribution >= 4 is 35.5 Å². The standard InChI is InChI=1S/C16H26N6O7/c17-8(3-4-11(18)23)14(26)20-7-13(25)21-9(6-12(19)24)15(27)22-5-1-2-10(22)16(28)29/h8-10H,1-7,17H2,(H2,18,23)(H2,19,24)(H,20,26)(H,21,25)(H,28,29). The fraction of sp³-hybridized carbons (Fsp3) is 0.625. The third-order valence-corrected chi connectivity index (χ3v) is 4.32. The lowest BCUT2D eigenvalue weighted by atomic mass is 10.1. The minimum atomic E-state index is -1.36. The van der Waals surface area contributed by atoms with Crippen molar-refractivity contribution in [3.63, 3.8) is 0 Å². The Morgan fingerprint density at radius 2 is 1.76 bits per heavy atom. The van der Waals surface area contributed by atoms with Gasteiger partial charge in [0, 0.05) is 13.0 Å². The molecule has 13 nitrogen and oxygen atoms in total. The largest absolute Gasteiger partial charge is 0.480 e. The highest BCUT2D eigenvalue weighted by molar-refractivity contribution is 5.95.